The first kappa shape index (κ1) is 49.1. The van der Waals surface area contributed by atoms with Gasteiger partial charge in [0.15, 0.2) is 11.6 Å². The molecule has 4 aliphatic rings. The minimum atomic E-state index is -0.150. The summed E-state index contributed by atoms with van der Waals surface area (Å²) in [6, 6.07) is 110. The van der Waals surface area contributed by atoms with E-state index in [-0.39, 0.29) is 24.2 Å². The summed E-state index contributed by atoms with van der Waals surface area (Å²) in [5, 5.41) is 2.39. The lowest BCUT2D eigenvalue weighted by atomic mass is 9.95. The third-order valence-electron chi connectivity index (χ3n) is 18.4. The highest BCUT2D eigenvalue weighted by Crippen LogP contribution is 2.64. The van der Waals surface area contributed by atoms with E-state index in [1.807, 2.05) is 36.4 Å². The second kappa shape index (κ2) is 19.6. The molecule has 0 saturated carbocycles. The number of benzene rings is 12. The molecule has 14 aromatic rings. The third-order valence-corrected chi connectivity index (χ3v) is 18.4. The highest BCUT2D eigenvalue weighted by Gasteiger charge is 2.52. The number of para-hydroxylation sites is 6. The van der Waals surface area contributed by atoms with Crippen LogP contribution in [0.5, 0.6) is 0 Å². The Kier molecular flexibility index (Phi) is 11.1. The van der Waals surface area contributed by atoms with Crippen LogP contribution in [0.4, 0.5) is 45.8 Å². The Bertz CT molecular complexity index is 4920. The van der Waals surface area contributed by atoms with Crippen LogP contribution >= 0.6 is 0 Å². The summed E-state index contributed by atoms with van der Waals surface area (Å²) in [4.78, 5) is 26.0. The van der Waals surface area contributed by atoms with Crippen LogP contribution in [0.25, 0.3) is 72.5 Å². The second-order valence-electron chi connectivity index (χ2n) is 23.1. The molecule has 0 aliphatic carbocycles. The molecule has 0 fully saturated rings. The Labute approximate surface area is 504 Å². The average Bonchev–Trinajstić information content (AvgIpc) is 1.69. The summed E-state index contributed by atoms with van der Waals surface area (Å²) >= 11 is 0. The number of anilines is 8. The van der Waals surface area contributed by atoms with Crippen molar-refractivity contribution in [3.05, 3.63) is 326 Å². The predicted octanol–water partition coefficient (Wildman–Crippen LogP) is 19.8. The van der Waals surface area contributed by atoms with Crippen molar-refractivity contribution in [2.75, 3.05) is 19.6 Å². The number of hydrogen-bond donors (Lipinski definition) is 0. The van der Waals surface area contributed by atoms with Crippen molar-refractivity contribution in [1.29, 1.82) is 0 Å². The maximum absolute atomic E-state index is 5.39. The van der Waals surface area contributed by atoms with Crippen LogP contribution in [-0.2, 0) is 0 Å². The van der Waals surface area contributed by atoms with Crippen LogP contribution in [-0.4, -0.2) is 19.5 Å². The summed E-state index contributed by atoms with van der Waals surface area (Å²) in [6.45, 7) is 0. The molecule has 8 nitrogen and oxygen atoms in total. The average molecular weight is 1120 g/mol. The molecular weight excluding hydrogens is 1060 g/mol. The topological polar surface area (TPSA) is 56.6 Å². The van der Waals surface area contributed by atoms with E-state index >= 15 is 0 Å². The summed E-state index contributed by atoms with van der Waals surface area (Å²) in [7, 11) is 0. The summed E-state index contributed by atoms with van der Waals surface area (Å²) in [5.41, 5.74) is 23.3. The zero-order chi connectivity index (χ0) is 57.1. The smallest absolute Gasteiger partial charge is 0.234 e. The fourth-order valence-corrected chi connectivity index (χ4v) is 14.7. The van der Waals surface area contributed by atoms with Gasteiger partial charge in [0, 0.05) is 84.0 Å². The van der Waals surface area contributed by atoms with Crippen molar-refractivity contribution in [2.24, 2.45) is 0 Å². The zero-order valence-electron chi connectivity index (χ0n) is 47.3. The SMILES string of the molecule is c1ccc(-c2nc(-c3ccccc3)nc(N3c4ccc(-c5ccc6c(c5)c5cc(-c7ccc8c(c7)C7C(c9ccccc9N7c7ccccc7)N8c7ccccc7)ccc5n6-c5ccccc5)cc4[C@H]4C3c3ccccc3N4c3ccccc3)n2)cc1. The maximum Gasteiger partial charge on any atom is 0.234 e. The van der Waals surface area contributed by atoms with Crippen molar-refractivity contribution in [3.63, 3.8) is 0 Å². The highest BCUT2D eigenvalue weighted by atomic mass is 15.4. The van der Waals surface area contributed by atoms with Gasteiger partial charge in [-0.3, -0.25) is 0 Å². The number of hydrogen-bond acceptors (Lipinski definition) is 7. The maximum atomic E-state index is 5.39. The van der Waals surface area contributed by atoms with Crippen molar-refractivity contribution < 1.29 is 0 Å². The molecule has 410 valence electrons. The Morgan fingerprint density at radius 3 is 0.989 bits per heavy atom. The number of fused-ring (bicyclic) bond motifs is 13. The van der Waals surface area contributed by atoms with Crippen molar-refractivity contribution in [2.45, 2.75) is 24.2 Å². The van der Waals surface area contributed by atoms with Crippen LogP contribution in [0.1, 0.15) is 46.4 Å². The van der Waals surface area contributed by atoms with Crippen molar-refractivity contribution in [3.8, 4) is 50.7 Å². The van der Waals surface area contributed by atoms with Gasteiger partial charge in [-0.25, -0.2) is 4.98 Å². The van der Waals surface area contributed by atoms with Gasteiger partial charge in [-0.05, 0) is 131 Å². The van der Waals surface area contributed by atoms with Crippen molar-refractivity contribution >= 4 is 67.6 Å². The Hall–Kier alpha value is -11.4. The van der Waals surface area contributed by atoms with E-state index in [4.69, 9.17) is 15.0 Å². The summed E-state index contributed by atoms with van der Waals surface area (Å²) in [5.74, 6) is 1.87. The molecule has 4 aliphatic heterocycles. The van der Waals surface area contributed by atoms with E-state index in [1.165, 1.54) is 72.6 Å². The molecule has 0 saturated heterocycles. The van der Waals surface area contributed by atoms with E-state index in [2.05, 4.69) is 291 Å². The lowest BCUT2D eigenvalue weighted by Crippen LogP contribution is -2.25. The van der Waals surface area contributed by atoms with Gasteiger partial charge >= 0.3 is 0 Å². The molecule has 0 bridgehead atoms. The van der Waals surface area contributed by atoms with Gasteiger partial charge in [0.05, 0.1) is 40.9 Å². The van der Waals surface area contributed by atoms with E-state index in [1.54, 1.807) is 0 Å². The zero-order valence-corrected chi connectivity index (χ0v) is 47.3. The Balaban J connectivity index is 0.804. The summed E-state index contributed by atoms with van der Waals surface area (Å²) in [6.07, 6.45) is 0. The standard InChI is InChI=1S/C79H54N8/c1-7-23-51(24-8-1)77-80-78(52-25-9-2-10-26-52)82-79(81-77)87-72-46-42-56(50-66(72)76-74(87)62-36-20-22-38-68(62)85(76)59-31-15-5-16-32-59)54-40-44-70-64(48-54)63-47-53(39-43-69(63)83(70)57-27-11-3-12-28-57)55-41-45-71-65(49-55)75-73(86(71)60-33-17-6-18-34-60)61-35-19-21-37-67(61)84(75)58-29-13-4-14-30-58/h1-50,73-76H/t73?,74?,75?,76-/m0/s1. The molecule has 2 aromatic heterocycles. The molecule has 0 N–H and O–H groups in total. The molecule has 0 amide bonds. The monoisotopic (exact) mass is 1110 g/mol. The van der Waals surface area contributed by atoms with Crippen molar-refractivity contribution in [1.82, 2.24) is 19.5 Å². The molecule has 4 atom stereocenters. The van der Waals surface area contributed by atoms with Gasteiger partial charge in [0.2, 0.25) is 5.95 Å². The van der Waals surface area contributed by atoms with Crippen LogP contribution in [0, 0.1) is 0 Å². The van der Waals surface area contributed by atoms with Crippen LogP contribution in [0.15, 0.2) is 303 Å². The van der Waals surface area contributed by atoms with E-state index in [9.17, 15) is 0 Å². The van der Waals surface area contributed by atoms with Gasteiger partial charge in [0.1, 0.15) is 0 Å². The first-order chi connectivity index (χ1) is 43.2. The van der Waals surface area contributed by atoms with Crippen LogP contribution in [0.2, 0.25) is 0 Å². The Morgan fingerprint density at radius 2 is 0.552 bits per heavy atom. The predicted molar refractivity (Wildman–Crippen MR) is 354 cm³/mol. The van der Waals surface area contributed by atoms with Gasteiger partial charge in [-0.15, -0.1) is 0 Å². The number of nitrogens with zero attached hydrogens (tertiary/aromatic N) is 8. The molecule has 87 heavy (non-hydrogen) atoms. The molecule has 18 rings (SSSR count). The highest BCUT2D eigenvalue weighted by molar-refractivity contribution is 6.12. The molecule has 12 aromatic carbocycles. The van der Waals surface area contributed by atoms with Gasteiger partial charge in [-0.1, -0.05) is 194 Å². The van der Waals surface area contributed by atoms with E-state index in [0.29, 0.717) is 17.6 Å². The largest absolute Gasteiger partial charge is 0.331 e. The third kappa shape index (κ3) is 7.67. The Morgan fingerprint density at radius 1 is 0.230 bits per heavy atom. The fourth-order valence-electron chi connectivity index (χ4n) is 14.7. The second-order valence-corrected chi connectivity index (χ2v) is 23.1. The fraction of sp³-hybridized carbons (Fsp3) is 0.0506. The lowest BCUT2D eigenvalue weighted by molar-refractivity contribution is 0.625. The molecule has 0 spiro atoms. The molecule has 8 heteroatoms. The van der Waals surface area contributed by atoms with E-state index < -0.39 is 0 Å². The number of aromatic nitrogens is 4. The van der Waals surface area contributed by atoms with Gasteiger partial charge in [0.25, 0.3) is 0 Å². The first-order valence-electron chi connectivity index (χ1n) is 30.0. The molecule has 0 radical (unpaired) electrons. The minimum absolute atomic E-state index is 0.0508. The van der Waals surface area contributed by atoms with Gasteiger partial charge in [-0.2, -0.15) is 9.97 Å². The number of rotatable bonds is 9. The van der Waals surface area contributed by atoms with Crippen LogP contribution < -0.4 is 19.6 Å². The molecule has 6 heterocycles. The molecular formula is C79H54N8. The molecule has 3 unspecified atom stereocenters. The van der Waals surface area contributed by atoms with Gasteiger partial charge < -0.3 is 24.2 Å². The quantitative estimate of drug-likeness (QED) is 0.143. The normalized spacial score (nSPS) is 16.9. The minimum Gasteiger partial charge on any atom is -0.331 e. The van der Waals surface area contributed by atoms with E-state index in [0.717, 1.165) is 50.3 Å². The lowest BCUT2D eigenvalue weighted by Gasteiger charge is -2.29. The van der Waals surface area contributed by atoms with Crippen LogP contribution in [0.3, 0.4) is 0 Å². The first-order valence-corrected chi connectivity index (χ1v) is 30.0. The summed E-state index contributed by atoms with van der Waals surface area (Å²) < 4.78 is 2.43.